The average Bonchev–Trinajstić information content (AvgIpc) is 1.44. The number of nitrogens with one attached hydrogen (secondary N) is 9. The van der Waals surface area contributed by atoms with Crippen molar-refractivity contribution in [2.45, 2.75) is 237 Å². The molecular formula is C62H99F4N11O10. The standard InChI is InChI=1S/C62H99F4N11O10/c1-37(2)33-44(50(80)70-46(35-39(5)6)52(82)74-59(9,10)56(86)75-60(11,62(64,65)66)57(87)67-31-28-48(78)72-61(29-18-30-61)36-76(12)13)71-55(85)58(7,8)73-51(81)45(34-38(3)4)69-49(79)43(27-22-40-19-15-14-16-20-40)68-53(83)47-21-17-32-77(47)54(84)41-23-25-42(63)26-24-41/h23-26,37-40,43-47H,14-22,27-36H2,1-13H3,(H,67,87)(H,68,83)(H,69,79)(H,70,80)(H,71,85)(H,72,78)(H,73,81)(H,74,82)(H,75,86)/t43-,44-,45-,46-,47-,60-/m0/s1. The molecule has 1 saturated heterocycles. The molecule has 25 heteroatoms. The summed E-state index contributed by atoms with van der Waals surface area (Å²) in [5.74, 6) is -9.33. The number of benzene rings is 1. The largest absolute Gasteiger partial charge is 0.420 e. The van der Waals surface area contributed by atoms with E-state index < -0.39 is 130 Å². The Morgan fingerprint density at radius 2 is 1.11 bits per heavy atom. The van der Waals surface area contributed by atoms with Gasteiger partial charge in [0.25, 0.3) is 11.8 Å². The van der Waals surface area contributed by atoms with Gasteiger partial charge in [0.2, 0.25) is 52.8 Å². The molecule has 490 valence electrons. The van der Waals surface area contributed by atoms with Gasteiger partial charge in [-0.05, 0) is 161 Å². The number of nitrogens with zero attached hydrogens (tertiary/aromatic N) is 2. The number of hydrogen-bond acceptors (Lipinski definition) is 11. The van der Waals surface area contributed by atoms with Crippen LogP contribution in [0.4, 0.5) is 17.6 Å². The van der Waals surface area contributed by atoms with E-state index in [9.17, 15) is 65.5 Å². The van der Waals surface area contributed by atoms with Gasteiger partial charge in [-0.25, -0.2) is 4.39 Å². The van der Waals surface area contributed by atoms with Gasteiger partial charge in [0.1, 0.15) is 47.1 Å². The van der Waals surface area contributed by atoms with Crippen molar-refractivity contribution in [3.05, 3.63) is 35.6 Å². The predicted octanol–water partition coefficient (Wildman–Crippen LogP) is 5.20. The van der Waals surface area contributed by atoms with Crippen LogP contribution in [0.25, 0.3) is 0 Å². The molecule has 6 atom stereocenters. The van der Waals surface area contributed by atoms with E-state index in [0.29, 0.717) is 38.6 Å². The van der Waals surface area contributed by atoms with Crippen LogP contribution in [-0.4, -0.2) is 161 Å². The van der Waals surface area contributed by atoms with Gasteiger partial charge in [-0.1, -0.05) is 73.6 Å². The van der Waals surface area contributed by atoms with Gasteiger partial charge >= 0.3 is 6.18 Å². The Labute approximate surface area is 511 Å². The maximum absolute atomic E-state index is 14.7. The van der Waals surface area contributed by atoms with E-state index >= 15 is 0 Å². The summed E-state index contributed by atoms with van der Waals surface area (Å²) in [5, 5.41) is 23.0. The molecule has 3 fully saturated rings. The number of rotatable bonds is 31. The maximum Gasteiger partial charge on any atom is 0.420 e. The topological polar surface area (TPSA) is 285 Å². The monoisotopic (exact) mass is 1230 g/mol. The van der Waals surface area contributed by atoms with E-state index in [1.807, 2.05) is 32.8 Å². The fourth-order valence-corrected chi connectivity index (χ4v) is 11.3. The molecule has 0 spiro atoms. The van der Waals surface area contributed by atoms with Crippen molar-refractivity contribution in [1.29, 1.82) is 0 Å². The van der Waals surface area contributed by atoms with Crippen molar-refractivity contribution in [2.75, 3.05) is 33.7 Å². The molecule has 1 aromatic rings. The third kappa shape index (κ3) is 21.7. The van der Waals surface area contributed by atoms with Crippen molar-refractivity contribution in [2.24, 2.45) is 23.7 Å². The highest BCUT2D eigenvalue weighted by Gasteiger charge is 2.59. The first-order valence-corrected chi connectivity index (χ1v) is 30.9. The minimum atomic E-state index is -5.35. The molecule has 1 aromatic carbocycles. The summed E-state index contributed by atoms with van der Waals surface area (Å²) in [7, 11) is 3.70. The third-order valence-corrected chi connectivity index (χ3v) is 16.5. The van der Waals surface area contributed by atoms with Crippen molar-refractivity contribution in [3.8, 4) is 0 Å². The van der Waals surface area contributed by atoms with Crippen LogP contribution >= 0.6 is 0 Å². The van der Waals surface area contributed by atoms with Gasteiger partial charge in [0.15, 0.2) is 0 Å². The van der Waals surface area contributed by atoms with Crippen molar-refractivity contribution < 1.29 is 65.5 Å². The molecule has 10 amide bonds. The van der Waals surface area contributed by atoms with Crippen LogP contribution < -0.4 is 47.9 Å². The second-order valence-corrected chi connectivity index (χ2v) is 27.1. The Balaban J connectivity index is 1.45. The summed E-state index contributed by atoms with van der Waals surface area (Å²) < 4.78 is 57.9. The molecule has 1 heterocycles. The first-order valence-electron chi connectivity index (χ1n) is 30.9. The quantitative estimate of drug-likeness (QED) is 0.0436. The number of carbonyl (C=O) groups excluding carboxylic acids is 10. The second kappa shape index (κ2) is 31.7. The fraction of sp³-hybridized carbons (Fsp3) is 0.742. The van der Waals surface area contributed by atoms with E-state index in [-0.39, 0.29) is 62.0 Å². The van der Waals surface area contributed by atoms with Gasteiger partial charge in [0.05, 0.1) is 5.54 Å². The highest BCUT2D eigenvalue weighted by Crippen LogP contribution is 2.34. The number of hydrogen-bond donors (Lipinski definition) is 9. The average molecular weight is 1230 g/mol. The molecule has 1 aliphatic heterocycles. The van der Waals surface area contributed by atoms with Gasteiger partial charge in [-0.2, -0.15) is 13.2 Å². The van der Waals surface area contributed by atoms with Gasteiger partial charge in [0, 0.05) is 31.6 Å². The Hall–Kier alpha value is -6.40. The Morgan fingerprint density at radius 1 is 0.609 bits per heavy atom. The van der Waals surface area contributed by atoms with Gasteiger partial charge < -0.3 is 57.7 Å². The molecule has 4 rings (SSSR count). The van der Waals surface area contributed by atoms with Gasteiger partial charge in [-0.15, -0.1) is 0 Å². The molecule has 9 N–H and O–H groups in total. The van der Waals surface area contributed by atoms with Crippen LogP contribution in [0.3, 0.4) is 0 Å². The van der Waals surface area contributed by atoms with E-state index in [1.165, 1.54) is 30.9 Å². The molecule has 0 radical (unpaired) electrons. The zero-order valence-corrected chi connectivity index (χ0v) is 53.4. The zero-order valence-electron chi connectivity index (χ0n) is 53.4. The van der Waals surface area contributed by atoms with E-state index in [2.05, 4.69) is 42.5 Å². The molecule has 0 bridgehead atoms. The molecule has 3 aliphatic rings. The lowest BCUT2D eigenvalue weighted by Crippen LogP contribution is -2.70. The maximum atomic E-state index is 14.7. The summed E-state index contributed by atoms with van der Waals surface area (Å²) in [6, 6.07) is -0.899. The third-order valence-electron chi connectivity index (χ3n) is 16.5. The minimum Gasteiger partial charge on any atom is -0.353 e. The number of carbonyl (C=O) groups is 10. The van der Waals surface area contributed by atoms with Crippen LogP contribution in [0.2, 0.25) is 0 Å². The Kier molecular flexibility index (Phi) is 26.6. The fourth-order valence-electron chi connectivity index (χ4n) is 11.3. The molecule has 0 unspecified atom stereocenters. The highest BCUT2D eigenvalue weighted by atomic mass is 19.4. The first kappa shape index (κ1) is 73.1. The molecule has 2 saturated carbocycles. The smallest absolute Gasteiger partial charge is 0.353 e. The molecular weight excluding hydrogens is 1130 g/mol. The lowest BCUT2D eigenvalue weighted by molar-refractivity contribution is -0.198. The van der Waals surface area contributed by atoms with Crippen LogP contribution in [0, 0.1) is 29.5 Å². The van der Waals surface area contributed by atoms with Gasteiger partial charge in [-0.3, -0.25) is 47.9 Å². The number of likely N-dealkylation sites (N-methyl/N-ethyl adjacent to an activating group) is 1. The molecule has 21 nitrogen and oxygen atoms in total. The lowest BCUT2D eigenvalue weighted by Gasteiger charge is -2.44. The van der Waals surface area contributed by atoms with E-state index in [4.69, 9.17) is 0 Å². The zero-order chi connectivity index (χ0) is 65.4. The van der Waals surface area contributed by atoms with E-state index in [1.54, 1.807) is 33.0 Å². The first-order chi connectivity index (χ1) is 40.4. The summed E-state index contributed by atoms with van der Waals surface area (Å²) in [6.45, 7) is 16.6. The van der Waals surface area contributed by atoms with Crippen LogP contribution in [-0.2, 0) is 43.2 Å². The molecule has 0 aromatic heterocycles. The second-order valence-electron chi connectivity index (χ2n) is 27.1. The van der Waals surface area contributed by atoms with Crippen LogP contribution in [0.15, 0.2) is 24.3 Å². The summed E-state index contributed by atoms with van der Waals surface area (Å²) in [6.07, 6.45) is 3.67. The molecule has 87 heavy (non-hydrogen) atoms. The lowest BCUT2D eigenvalue weighted by atomic mass is 9.76. The highest BCUT2D eigenvalue weighted by molar-refractivity contribution is 6.01. The van der Waals surface area contributed by atoms with Crippen molar-refractivity contribution >= 4 is 59.1 Å². The SMILES string of the molecule is CC(C)C[C@H](NC(=O)[C@H](CCC1CCCCC1)NC(=O)[C@@H]1CCCN1C(=O)c1ccc(F)cc1)C(=O)NC(C)(C)C(=O)N[C@@H](CC(C)C)C(=O)N[C@@H](CC(C)C)C(=O)NC(C)(C)C(=O)N[C@@](C)(C(=O)NCCC(=O)NC1(CN(C)C)CCC1)C(F)(F)F. The number of amides is 10. The van der Waals surface area contributed by atoms with E-state index in [0.717, 1.165) is 77.3 Å². The summed E-state index contributed by atoms with van der Waals surface area (Å²) in [4.78, 5) is 142. The van der Waals surface area contributed by atoms with Crippen molar-refractivity contribution in [3.63, 3.8) is 0 Å². The van der Waals surface area contributed by atoms with Crippen LogP contribution in [0.1, 0.15) is 189 Å². The predicted molar refractivity (Wildman–Crippen MR) is 320 cm³/mol. The Morgan fingerprint density at radius 3 is 1.60 bits per heavy atom. The summed E-state index contributed by atoms with van der Waals surface area (Å²) >= 11 is 0. The number of likely N-dealkylation sites (tertiary alicyclic amines) is 1. The van der Waals surface area contributed by atoms with Crippen LogP contribution in [0.5, 0.6) is 0 Å². The normalized spacial score (nSPS) is 18.5. The minimum absolute atomic E-state index is 0.0318. The molecule has 2 aliphatic carbocycles. The summed E-state index contributed by atoms with van der Waals surface area (Å²) in [5.41, 5.74) is -7.63. The number of halogens is 4. The number of alkyl halides is 3. The van der Waals surface area contributed by atoms with Crippen molar-refractivity contribution in [1.82, 2.24) is 57.7 Å². The Bertz CT molecular complexity index is 2570.